The molecule has 0 unspecified atom stereocenters. The Labute approximate surface area is 151 Å². The van der Waals surface area contributed by atoms with E-state index in [0.717, 1.165) is 5.56 Å². The number of hydrogen-bond acceptors (Lipinski definition) is 6. The Morgan fingerprint density at radius 2 is 1.96 bits per heavy atom. The lowest BCUT2D eigenvalue weighted by atomic mass is 10.0. The van der Waals surface area contributed by atoms with Gasteiger partial charge in [-0.15, -0.1) is 0 Å². The van der Waals surface area contributed by atoms with Gasteiger partial charge in [-0.1, -0.05) is 43.8 Å². The van der Waals surface area contributed by atoms with E-state index in [-0.39, 0.29) is 18.2 Å². The van der Waals surface area contributed by atoms with Gasteiger partial charge >= 0.3 is 5.97 Å². The molecule has 2 rings (SSSR count). The summed E-state index contributed by atoms with van der Waals surface area (Å²) < 4.78 is 10.7. The Morgan fingerprint density at radius 1 is 1.28 bits per heavy atom. The molecule has 0 aliphatic carbocycles. The molecule has 2 aromatic rings. The average molecular weight is 362 g/mol. The van der Waals surface area contributed by atoms with Gasteiger partial charge in [-0.2, -0.15) is 0 Å². The Kier molecular flexibility index (Phi) is 6.64. The molecule has 0 fully saturated rings. The minimum atomic E-state index is -0.737. The van der Waals surface area contributed by atoms with E-state index in [4.69, 9.17) is 9.15 Å². The molecule has 0 spiro atoms. The first-order valence-electron chi connectivity index (χ1n) is 8.05. The molecule has 134 valence electrons. The first kappa shape index (κ1) is 19.1. The van der Waals surface area contributed by atoms with Crippen LogP contribution in [-0.4, -0.2) is 35.8 Å². The Balaban J connectivity index is 2.26. The quantitative estimate of drug-likeness (QED) is 0.601. The Bertz CT molecular complexity index is 728. The summed E-state index contributed by atoms with van der Waals surface area (Å²) in [4.78, 5) is 29.0. The maximum Gasteiger partial charge on any atom is 0.328 e. The summed E-state index contributed by atoms with van der Waals surface area (Å²) in [6.45, 7) is 5.67. The third-order valence-electron chi connectivity index (χ3n) is 3.51. The van der Waals surface area contributed by atoms with Gasteiger partial charge in [-0.05, 0) is 31.2 Å². The SMILES string of the molecule is CCOC(=O)[C@@H](NC(=O)c1nc(-c2ccccc2)oc1SC)C(C)C. The number of carbonyl (C=O) groups excluding carboxylic acids is 2. The molecule has 0 saturated heterocycles. The lowest BCUT2D eigenvalue weighted by Crippen LogP contribution is -2.45. The van der Waals surface area contributed by atoms with Gasteiger partial charge in [-0.25, -0.2) is 9.78 Å². The Morgan fingerprint density at radius 3 is 2.52 bits per heavy atom. The van der Waals surface area contributed by atoms with E-state index in [2.05, 4.69) is 10.3 Å². The second-order valence-electron chi connectivity index (χ2n) is 5.67. The van der Waals surface area contributed by atoms with E-state index >= 15 is 0 Å². The third-order valence-corrected chi connectivity index (χ3v) is 4.16. The fourth-order valence-electron chi connectivity index (χ4n) is 2.23. The van der Waals surface area contributed by atoms with Crippen LogP contribution in [0.25, 0.3) is 11.5 Å². The second kappa shape index (κ2) is 8.71. The maximum absolute atomic E-state index is 12.6. The number of oxazole rings is 1. The molecule has 1 amide bonds. The van der Waals surface area contributed by atoms with Crippen LogP contribution in [0.3, 0.4) is 0 Å². The number of amides is 1. The zero-order valence-corrected chi connectivity index (χ0v) is 15.6. The zero-order valence-electron chi connectivity index (χ0n) is 14.7. The number of esters is 1. The molecule has 0 aliphatic rings. The normalized spacial score (nSPS) is 12.0. The standard InChI is InChI=1S/C18H22N2O4S/c1-5-23-17(22)13(11(2)3)19-15(21)14-18(25-4)24-16(20-14)12-9-7-6-8-10-12/h6-11,13H,5H2,1-4H3,(H,19,21)/t13-/m0/s1. The van der Waals surface area contributed by atoms with Crippen LogP contribution in [0.15, 0.2) is 39.8 Å². The van der Waals surface area contributed by atoms with Gasteiger partial charge in [0.25, 0.3) is 5.91 Å². The first-order valence-corrected chi connectivity index (χ1v) is 9.28. The van der Waals surface area contributed by atoms with Crippen LogP contribution in [0.1, 0.15) is 31.3 Å². The second-order valence-corrected chi connectivity index (χ2v) is 6.45. The van der Waals surface area contributed by atoms with Crippen molar-refractivity contribution < 1.29 is 18.7 Å². The molecule has 1 N–H and O–H groups in total. The molecule has 1 heterocycles. The molecule has 1 aromatic heterocycles. The van der Waals surface area contributed by atoms with Crippen molar-refractivity contribution in [1.29, 1.82) is 0 Å². The molecular formula is C18H22N2O4S. The van der Waals surface area contributed by atoms with Gasteiger partial charge in [0.15, 0.2) is 10.8 Å². The van der Waals surface area contributed by atoms with Crippen molar-refractivity contribution in [2.75, 3.05) is 12.9 Å². The van der Waals surface area contributed by atoms with E-state index in [1.54, 1.807) is 13.2 Å². The van der Waals surface area contributed by atoms with E-state index in [1.165, 1.54) is 11.8 Å². The number of hydrogen-bond donors (Lipinski definition) is 1. The van der Waals surface area contributed by atoms with Gasteiger partial charge in [0.2, 0.25) is 5.89 Å². The summed E-state index contributed by atoms with van der Waals surface area (Å²) in [7, 11) is 0. The number of carbonyl (C=O) groups is 2. The molecule has 0 saturated carbocycles. The Hall–Kier alpha value is -2.28. The summed E-state index contributed by atoms with van der Waals surface area (Å²) in [6.07, 6.45) is 1.80. The summed E-state index contributed by atoms with van der Waals surface area (Å²) in [5.41, 5.74) is 0.948. The van der Waals surface area contributed by atoms with Gasteiger partial charge in [0.05, 0.1) is 6.61 Å². The van der Waals surface area contributed by atoms with Crippen molar-refractivity contribution in [3.05, 3.63) is 36.0 Å². The number of nitrogens with zero attached hydrogens (tertiary/aromatic N) is 1. The maximum atomic E-state index is 12.6. The van der Waals surface area contributed by atoms with Crippen LogP contribution >= 0.6 is 11.8 Å². The van der Waals surface area contributed by atoms with Crippen LogP contribution in [0.5, 0.6) is 0 Å². The van der Waals surface area contributed by atoms with Crippen molar-refractivity contribution in [2.24, 2.45) is 5.92 Å². The fourth-order valence-corrected chi connectivity index (χ4v) is 2.73. The molecular weight excluding hydrogens is 340 g/mol. The van der Waals surface area contributed by atoms with Crippen molar-refractivity contribution in [2.45, 2.75) is 31.9 Å². The predicted octanol–water partition coefficient (Wildman–Crippen LogP) is 3.38. The topological polar surface area (TPSA) is 81.4 Å². The molecule has 7 heteroatoms. The highest BCUT2D eigenvalue weighted by molar-refractivity contribution is 7.98. The lowest BCUT2D eigenvalue weighted by molar-refractivity contribution is -0.146. The molecule has 1 aromatic carbocycles. The summed E-state index contributed by atoms with van der Waals surface area (Å²) in [6, 6.07) is 8.60. The van der Waals surface area contributed by atoms with Crippen LogP contribution < -0.4 is 5.32 Å². The molecule has 0 aliphatic heterocycles. The molecule has 0 radical (unpaired) electrons. The van der Waals surface area contributed by atoms with E-state index in [0.29, 0.717) is 11.0 Å². The summed E-state index contributed by atoms with van der Waals surface area (Å²) >= 11 is 1.29. The molecule has 0 bridgehead atoms. The highest BCUT2D eigenvalue weighted by atomic mass is 32.2. The minimum absolute atomic E-state index is 0.110. The zero-order chi connectivity index (χ0) is 18.4. The highest BCUT2D eigenvalue weighted by Crippen LogP contribution is 2.27. The van der Waals surface area contributed by atoms with Crippen LogP contribution in [0.2, 0.25) is 0 Å². The van der Waals surface area contributed by atoms with E-state index in [1.807, 2.05) is 44.2 Å². The minimum Gasteiger partial charge on any atom is -0.464 e. The summed E-state index contributed by atoms with van der Waals surface area (Å²) in [5.74, 6) is -0.654. The number of ether oxygens (including phenoxy) is 1. The third kappa shape index (κ3) is 4.63. The van der Waals surface area contributed by atoms with Crippen molar-refractivity contribution in [1.82, 2.24) is 10.3 Å². The van der Waals surface area contributed by atoms with Crippen molar-refractivity contribution in [3.8, 4) is 11.5 Å². The predicted molar refractivity (Wildman–Crippen MR) is 96.4 cm³/mol. The fraction of sp³-hybridized carbons (Fsp3) is 0.389. The molecule has 25 heavy (non-hydrogen) atoms. The lowest BCUT2D eigenvalue weighted by Gasteiger charge is -2.19. The largest absolute Gasteiger partial charge is 0.464 e. The van der Waals surface area contributed by atoms with Crippen LogP contribution in [0, 0.1) is 5.92 Å². The smallest absolute Gasteiger partial charge is 0.328 e. The molecule has 6 nitrogen and oxygen atoms in total. The highest BCUT2D eigenvalue weighted by Gasteiger charge is 2.29. The van der Waals surface area contributed by atoms with Gasteiger partial charge in [-0.3, -0.25) is 4.79 Å². The number of rotatable bonds is 7. The van der Waals surface area contributed by atoms with Crippen LogP contribution in [0.4, 0.5) is 0 Å². The number of nitrogens with one attached hydrogen (secondary N) is 1. The number of aromatic nitrogens is 1. The van der Waals surface area contributed by atoms with E-state index in [9.17, 15) is 9.59 Å². The first-order chi connectivity index (χ1) is 12.0. The monoisotopic (exact) mass is 362 g/mol. The van der Waals surface area contributed by atoms with Gasteiger partial charge in [0.1, 0.15) is 6.04 Å². The van der Waals surface area contributed by atoms with Gasteiger partial charge < -0.3 is 14.5 Å². The van der Waals surface area contributed by atoms with Crippen molar-refractivity contribution in [3.63, 3.8) is 0 Å². The number of thioether (sulfide) groups is 1. The summed E-state index contributed by atoms with van der Waals surface area (Å²) in [5, 5.41) is 3.11. The van der Waals surface area contributed by atoms with Gasteiger partial charge in [0, 0.05) is 5.56 Å². The molecule has 1 atom stereocenters. The van der Waals surface area contributed by atoms with Crippen LogP contribution in [-0.2, 0) is 9.53 Å². The van der Waals surface area contributed by atoms with E-state index < -0.39 is 17.9 Å². The van der Waals surface area contributed by atoms with Crippen molar-refractivity contribution >= 4 is 23.6 Å². The average Bonchev–Trinajstić information content (AvgIpc) is 3.04. The number of benzene rings is 1.